The second-order valence-electron chi connectivity index (χ2n) is 11.6. The van der Waals surface area contributed by atoms with Gasteiger partial charge in [0.15, 0.2) is 11.6 Å². The Bertz CT molecular complexity index is 1940. The molecular weight excluding hydrogens is 722 g/mol. The number of nitrogens with zero attached hydrogens (tertiary/aromatic N) is 4. The number of aryl methyl sites for hydroxylation is 4. The Morgan fingerprint density at radius 2 is 0.880 bits per heavy atom. The summed E-state index contributed by atoms with van der Waals surface area (Å²) in [4.78, 5) is 50.5. The van der Waals surface area contributed by atoms with Gasteiger partial charge in [0, 0.05) is 21.4 Å². The van der Waals surface area contributed by atoms with Crippen LogP contribution in [0.15, 0.2) is 81.1 Å². The van der Waals surface area contributed by atoms with E-state index in [1.807, 2.05) is 0 Å². The van der Waals surface area contributed by atoms with Crippen LogP contribution in [0.25, 0.3) is 11.1 Å². The van der Waals surface area contributed by atoms with Crippen molar-refractivity contribution in [1.29, 1.82) is 0 Å². The van der Waals surface area contributed by atoms with Crippen molar-refractivity contribution in [2.24, 2.45) is 20.5 Å². The molecule has 0 bridgehead atoms. The van der Waals surface area contributed by atoms with Crippen LogP contribution in [0.3, 0.4) is 0 Å². The molecule has 0 saturated heterocycles. The number of rotatable bonds is 11. The van der Waals surface area contributed by atoms with Gasteiger partial charge < -0.3 is 10.6 Å². The van der Waals surface area contributed by atoms with Gasteiger partial charge in [0.05, 0.1) is 10.0 Å². The van der Waals surface area contributed by atoms with Crippen molar-refractivity contribution >= 4 is 92.5 Å². The van der Waals surface area contributed by atoms with Crippen molar-refractivity contribution < 1.29 is 19.2 Å². The number of anilines is 2. The molecule has 0 radical (unpaired) electrons. The maximum Gasteiger partial charge on any atom is 0.258 e. The van der Waals surface area contributed by atoms with E-state index >= 15 is 0 Å². The Morgan fingerprint density at radius 3 is 1.20 bits per heavy atom. The Morgan fingerprint density at radius 1 is 0.520 bits per heavy atom. The molecule has 258 valence electrons. The highest BCUT2D eigenvalue weighted by molar-refractivity contribution is 6.34. The maximum absolute atomic E-state index is 12.9. The number of ketones is 2. The van der Waals surface area contributed by atoms with E-state index in [1.54, 1.807) is 88.4 Å². The average Bonchev–Trinajstić information content (AvgIpc) is 3.03. The second-order valence-corrected chi connectivity index (χ2v) is 13.2. The second kappa shape index (κ2) is 16.5. The van der Waals surface area contributed by atoms with Gasteiger partial charge >= 0.3 is 0 Å². The van der Waals surface area contributed by atoms with Crippen LogP contribution in [0.2, 0.25) is 20.1 Å². The highest BCUT2D eigenvalue weighted by Crippen LogP contribution is 2.35. The number of hydrogen-bond acceptors (Lipinski definition) is 8. The van der Waals surface area contributed by atoms with Crippen molar-refractivity contribution in [2.45, 2.75) is 53.6 Å². The predicted molar refractivity (Wildman–Crippen MR) is 199 cm³/mol. The van der Waals surface area contributed by atoms with E-state index in [-0.39, 0.29) is 21.4 Å². The predicted octanol–water partition coefficient (Wildman–Crippen LogP) is 10.6. The van der Waals surface area contributed by atoms with Crippen LogP contribution in [-0.2, 0) is 19.2 Å². The van der Waals surface area contributed by atoms with E-state index in [2.05, 4.69) is 31.1 Å². The van der Waals surface area contributed by atoms with Gasteiger partial charge in [-0.2, -0.15) is 20.5 Å². The van der Waals surface area contributed by atoms with Gasteiger partial charge in [-0.05, 0) is 123 Å². The molecule has 0 fully saturated rings. The SMILES string of the molecule is CC(=O)[C@@H](N=Nc1ccc(-c2ccc(N=N[C@H](C(C)=O)C(=O)Nc3cc(C)c(Cl)cc3C)c(Cl)c2)cc1Cl)C(=O)Nc1cc(C)c(Cl)cc1C. The lowest BCUT2D eigenvalue weighted by molar-refractivity contribution is -0.127. The van der Waals surface area contributed by atoms with E-state index in [9.17, 15) is 19.2 Å². The maximum atomic E-state index is 12.9. The molecule has 0 unspecified atom stereocenters. The molecule has 0 saturated carbocycles. The fraction of sp³-hybridized carbons (Fsp3) is 0.222. The minimum Gasteiger partial charge on any atom is -0.324 e. The van der Waals surface area contributed by atoms with Gasteiger partial charge in [0.2, 0.25) is 12.1 Å². The molecule has 0 spiro atoms. The Hall–Kier alpha value is -4.48. The summed E-state index contributed by atoms with van der Waals surface area (Å²) >= 11 is 25.3. The molecule has 2 N–H and O–H groups in total. The summed E-state index contributed by atoms with van der Waals surface area (Å²) in [5, 5.41) is 23.1. The third-order valence-corrected chi connectivity index (χ3v) is 9.00. The molecule has 0 aliphatic carbocycles. The van der Waals surface area contributed by atoms with Crippen molar-refractivity contribution in [3.8, 4) is 11.1 Å². The number of nitrogens with one attached hydrogen (secondary N) is 2. The van der Waals surface area contributed by atoms with E-state index in [1.165, 1.54) is 13.8 Å². The lowest BCUT2D eigenvalue weighted by Crippen LogP contribution is -2.32. The fourth-order valence-corrected chi connectivity index (χ4v) is 5.52. The van der Waals surface area contributed by atoms with Crippen LogP contribution in [-0.4, -0.2) is 35.5 Å². The first kappa shape index (κ1) is 38.3. The molecule has 2 atom stereocenters. The van der Waals surface area contributed by atoms with Crippen molar-refractivity contribution in [1.82, 2.24) is 0 Å². The summed E-state index contributed by atoms with van der Waals surface area (Å²) in [7, 11) is 0. The summed E-state index contributed by atoms with van der Waals surface area (Å²) in [6.45, 7) is 9.68. The van der Waals surface area contributed by atoms with Gasteiger partial charge in [-0.25, -0.2) is 0 Å². The molecule has 14 heteroatoms. The lowest BCUT2D eigenvalue weighted by atomic mass is 10.0. The van der Waals surface area contributed by atoms with Crippen molar-refractivity contribution in [2.75, 3.05) is 10.6 Å². The summed E-state index contributed by atoms with van der Waals surface area (Å²) in [5.74, 6) is -2.30. The molecule has 0 aliphatic rings. The van der Waals surface area contributed by atoms with Gasteiger partial charge in [0.25, 0.3) is 11.8 Å². The topological polar surface area (TPSA) is 142 Å². The number of Topliss-reactive ketones (excluding diaryl/α,β-unsaturated/α-hetero) is 2. The molecule has 0 heterocycles. The monoisotopic (exact) mass is 752 g/mol. The zero-order valence-corrected chi connectivity index (χ0v) is 30.9. The Kier molecular flexibility index (Phi) is 12.6. The molecular formula is C36H32Cl4N6O4. The van der Waals surface area contributed by atoms with Crippen molar-refractivity contribution in [3.05, 3.63) is 103 Å². The number of amides is 2. The zero-order valence-electron chi connectivity index (χ0n) is 27.9. The van der Waals surface area contributed by atoms with Crippen molar-refractivity contribution in [3.63, 3.8) is 0 Å². The van der Waals surface area contributed by atoms with E-state index in [4.69, 9.17) is 46.4 Å². The molecule has 10 nitrogen and oxygen atoms in total. The van der Waals surface area contributed by atoms with Gasteiger partial charge in [-0.3, -0.25) is 19.2 Å². The van der Waals surface area contributed by atoms with Crippen LogP contribution < -0.4 is 10.6 Å². The summed E-state index contributed by atoms with van der Waals surface area (Å²) in [6, 6.07) is 13.9. The van der Waals surface area contributed by atoms with Gasteiger partial charge in [-0.1, -0.05) is 58.5 Å². The molecule has 4 rings (SSSR count). The first-order valence-corrected chi connectivity index (χ1v) is 16.6. The number of carbonyl (C=O) groups is 4. The first-order chi connectivity index (χ1) is 23.5. The Balaban J connectivity index is 1.48. The summed E-state index contributed by atoms with van der Waals surface area (Å²) in [6.07, 6.45) is 0. The van der Waals surface area contributed by atoms with E-state index in [0.29, 0.717) is 32.5 Å². The summed E-state index contributed by atoms with van der Waals surface area (Å²) in [5.41, 5.74) is 5.82. The standard InChI is InChI=1S/C36H32Cl4N6O4/c1-17-13-31(19(3)11-25(17)37)41-35(49)33(21(5)47)45-43-29-9-7-23(15-27(29)39)24-8-10-30(28(40)16-24)44-46-34(22(6)48)36(50)42-32-14-18(2)26(38)12-20(32)4/h7-16,33-34H,1-6H3,(H,41,49)(H,42,50)/t33-,34-/m1/s1. The van der Waals surface area contributed by atoms with Gasteiger partial charge in [-0.15, -0.1) is 0 Å². The number of hydrogen-bond donors (Lipinski definition) is 2. The minimum atomic E-state index is -1.40. The number of azo groups is 2. The molecule has 0 aromatic heterocycles. The van der Waals surface area contributed by atoms with Crippen LogP contribution in [0, 0.1) is 27.7 Å². The quantitative estimate of drug-likeness (QED) is 0.116. The molecule has 4 aromatic carbocycles. The Labute approximate surface area is 309 Å². The largest absolute Gasteiger partial charge is 0.324 e. The van der Waals surface area contributed by atoms with Crippen LogP contribution in [0.4, 0.5) is 22.7 Å². The third kappa shape index (κ3) is 9.39. The number of carbonyl (C=O) groups excluding carboxylic acids is 4. The molecule has 2 amide bonds. The van der Waals surface area contributed by atoms with E-state index in [0.717, 1.165) is 22.3 Å². The molecule has 4 aromatic rings. The summed E-state index contributed by atoms with van der Waals surface area (Å²) < 4.78 is 0. The highest BCUT2D eigenvalue weighted by Gasteiger charge is 2.25. The molecule has 50 heavy (non-hydrogen) atoms. The lowest BCUT2D eigenvalue weighted by Gasteiger charge is -2.13. The van der Waals surface area contributed by atoms with Crippen LogP contribution >= 0.6 is 46.4 Å². The fourth-order valence-electron chi connectivity index (χ4n) is 4.65. The average molecular weight is 755 g/mol. The third-order valence-electron chi connectivity index (χ3n) is 7.58. The van der Waals surface area contributed by atoms with Gasteiger partial charge in [0.1, 0.15) is 11.4 Å². The number of halogens is 4. The highest BCUT2D eigenvalue weighted by atomic mass is 35.5. The van der Waals surface area contributed by atoms with Crippen LogP contribution in [0.5, 0.6) is 0 Å². The zero-order chi connectivity index (χ0) is 36.9. The number of benzene rings is 4. The normalized spacial score (nSPS) is 12.6. The first-order valence-electron chi connectivity index (χ1n) is 15.1. The van der Waals surface area contributed by atoms with E-state index < -0.39 is 35.5 Å². The minimum absolute atomic E-state index is 0.208. The molecule has 0 aliphatic heterocycles. The van der Waals surface area contributed by atoms with Crippen LogP contribution in [0.1, 0.15) is 36.1 Å². The smallest absolute Gasteiger partial charge is 0.258 e.